The van der Waals surface area contributed by atoms with E-state index in [1.807, 2.05) is 0 Å². The van der Waals surface area contributed by atoms with Crippen molar-refractivity contribution in [1.29, 1.82) is 0 Å². The first-order chi connectivity index (χ1) is 11.3. The van der Waals surface area contributed by atoms with E-state index in [1.165, 1.54) is 0 Å². The monoisotopic (exact) mass is 350 g/mol. The third-order valence-electron chi connectivity index (χ3n) is 3.58. The zero-order valence-electron chi connectivity index (χ0n) is 13.6. The molecule has 0 radical (unpaired) electrons. The van der Waals surface area contributed by atoms with Crippen LogP contribution in [0.4, 0.5) is 5.69 Å². The molecule has 0 bridgehead atoms. The maximum absolute atomic E-state index is 12.1. The van der Waals surface area contributed by atoms with E-state index < -0.39 is 24.6 Å². The van der Waals surface area contributed by atoms with Gasteiger partial charge in [0.1, 0.15) is 5.69 Å². The van der Waals surface area contributed by atoms with E-state index in [1.54, 1.807) is 45.0 Å². The molecule has 24 heavy (non-hydrogen) atoms. The van der Waals surface area contributed by atoms with Crippen LogP contribution in [-0.4, -0.2) is 28.6 Å². The van der Waals surface area contributed by atoms with Crippen LogP contribution in [0.5, 0.6) is 0 Å². The molecule has 0 spiro atoms. The summed E-state index contributed by atoms with van der Waals surface area (Å²) in [6.45, 7) is 4.69. The van der Waals surface area contributed by atoms with Gasteiger partial charge < -0.3 is 20.1 Å². The number of H-pyrrole nitrogens is 1. The minimum Gasteiger partial charge on any atom is -0.451 e. The SMILES string of the molecule is Cc1[nH]c(C(=O)OCC(=O)Nc2ccc(Cl)cc2)c(C)c1[C@@H](C)O. The fourth-order valence-corrected chi connectivity index (χ4v) is 2.65. The Kier molecular flexibility index (Phi) is 5.64. The molecule has 1 atom stereocenters. The van der Waals surface area contributed by atoms with Gasteiger partial charge in [-0.3, -0.25) is 4.79 Å². The zero-order valence-corrected chi connectivity index (χ0v) is 14.4. The lowest BCUT2D eigenvalue weighted by molar-refractivity contribution is -0.119. The molecule has 128 valence electrons. The summed E-state index contributed by atoms with van der Waals surface area (Å²) < 4.78 is 5.02. The molecule has 7 heteroatoms. The Labute approximate surface area is 144 Å². The number of hydrogen-bond acceptors (Lipinski definition) is 4. The number of nitrogens with one attached hydrogen (secondary N) is 2. The van der Waals surface area contributed by atoms with Crippen LogP contribution in [0.3, 0.4) is 0 Å². The number of anilines is 1. The average molecular weight is 351 g/mol. The van der Waals surface area contributed by atoms with Crippen LogP contribution in [0.25, 0.3) is 0 Å². The van der Waals surface area contributed by atoms with Crippen molar-refractivity contribution in [2.45, 2.75) is 26.9 Å². The fraction of sp³-hybridized carbons (Fsp3) is 0.294. The van der Waals surface area contributed by atoms with Gasteiger partial charge in [-0.25, -0.2) is 4.79 Å². The lowest BCUT2D eigenvalue weighted by atomic mass is 10.1. The number of aromatic amines is 1. The number of rotatable bonds is 5. The Hall–Kier alpha value is -2.31. The van der Waals surface area contributed by atoms with Crippen LogP contribution in [0.15, 0.2) is 24.3 Å². The summed E-state index contributed by atoms with van der Waals surface area (Å²) in [5.41, 5.74) is 2.77. The van der Waals surface area contributed by atoms with Gasteiger partial charge in [0.25, 0.3) is 5.91 Å². The van der Waals surface area contributed by atoms with Gasteiger partial charge in [0.15, 0.2) is 6.61 Å². The third-order valence-corrected chi connectivity index (χ3v) is 3.83. The number of amides is 1. The van der Waals surface area contributed by atoms with Crippen molar-refractivity contribution >= 4 is 29.2 Å². The molecule has 0 aliphatic heterocycles. The quantitative estimate of drug-likeness (QED) is 0.722. The van der Waals surface area contributed by atoms with Gasteiger partial charge in [0, 0.05) is 22.0 Å². The largest absolute Gasteiger partial charge is 0.451 e. The summed E-state index contributed by atoms with van der Waals surface area (Å²) in [7, 11) is 0. The number of halogens is 1. The van der Waals surface area contributed by atoms with Crippen molar-refractivity contribution in [3.63, 3.8) is 0 Å². The highest BCUT2D eigenvalue weighted by Gasteiger charge is 2.21. The number of aromatic nitrogens is 1. The third kappa shape index (κ3) is 4.15. The number of benzene rings is 1. The molecule has 1 aromatic heterocycles. The lowest BCUT2D eigenvalue weighted by Gasteiger charge is -2.07. The zero-order chi connectivity index (χ0) is 17.9. The second kappa shape index (κ2) is 7.51. The van der Waals surface area contributed by atoms with E-state index in [4.69, 9.17) is 16.3 Å². The van der Waals surface area contributed by atoms with Crippen molar-refractivity contribution in [1.82, 2.24) is 4.98 Å². The van der Waals surface area contributed by atoms with Gasteiger partial charge in [0.05, 0.1) is 6.10 Å². The summed E-state index contributed by atoms with van der Waals surface area (Å²) in [5.74, 6) is -1.10. The minimum atomic E-state index is -0.698. The van der Waals surface area contributed by atoms with E-state index in [0.29, 0.717) is 27.5 Å². The number of esters is 1. The molecule has 2 rings (SSSR count). The van der Waals surface area contributed by atoms with Gasteiger partial charge in [-0.05, 0) is 50.6 Å². The lowest BCUT2D eigenvalue weighted by Crippen LogP contribution is -2.21. The van der Waals surface area contributed by atoms with E-state index in [2.05, 4.69) is 10.3 Å². The van der Waals surface area contributed by atoms with E-state index in [-0.39, 0.29) is 5.69 Å². The van der Waals surface area contributed by atoms with Crippen molar-refractivity contribution in [3.05, 3.63) is 51.8 Å². The Morgan fingerprint density at radius 1 is 1.29 bits per heavy atom. The Bertz CT molecular complexity index is 751. The van der Waals surface area contributed by atoms with Gasteiger partial charge in [-0.15, -0.1) is 0 Å². The highest BCUT2D eigenvalue weighted by molar-refractivity contribution is 6.30. The number of hydrogen-bond donors (Lipinski definition) is 3. The molecule has 0 saturated heterocycles. The van der Waals surface area contributed by atoms with Crippen LogP contribution < -0.4 is 5.32 Å². The molecule has 1 aromatic carbocycles. The second-order valence-electron chi connectivity index (χ2n) is 5.47. The van der Waals surface area contributed by atoms with Crippen molar-refractivity contribution in [2.24, 2.45) is 0 Å². The molecule has 0 fully saturated rings. The molecule has 0 unspecified atom stereocenters. The first kappa shape index (κ1) is 18.0. The van der Waals surface area contributed by atoms with Gasteiger partial charge >= 0.3 is 5.97 Å². The Balaban J connectivity index is 1.97. The molecule has 0 saturated carbocycles. The average Bonchev–Trinajstić information content (AvgIpc) is 2.82. The predicted octanol–water partition coefficient (Wildman–Crippen LogP) is 3.13. The van der Waals surface area contributed by atoms with Crippen LogP contribution in [0.1, 0.15) is 40.3 Å². The topological polar surface area (TPSA) is 91.4 Å². The normalized spacial score (nSPS) is 11.9. The summed E-state index contributed by atoms with van der Waals surface area (Å²) in [5, 5.41) is 12.9. The van der Waals surface area contributed by atoms with Crippen LogP contribution in [0.2, 0.25) is 5.02 Å². The summed E-state index contributed by atoms with van der Waals surface area (Å²) in [6, 6.07) is 6.59. The predicted molar refractivity (Wildman–Crippen MR) is 91.3 cm³/mol. The Morgan fingerprint density at radius 3 is 2.46 bits per heavy atom. The first-order valence-electron chi connectivity index (χ1n) is 7.39. The van der Waals surface area contributed by atoms with Crippen LogP contribution in [-0.2, 0) is 9.53 Å². The summed E-state index contributed by atoms with van der Waals surface area (Å²) >= 11 is 5.77. The Morgan fingerprint density at radius 2 is 1.92 bits per heavy atom. The number of carbonyl (C=O) groups excluding carboxylic acids is 2. The molecule has 1 amide bonds. The number of ether oxygens (including phenoxy) is 1. The first-order valence-corrected chi connectivity index (χ1v) is 7.77. The molecule has 0 aliphatic carbocycles. The smallest absolute Gasteiger partial charge is 0.355 e. The van der Waals surface area contributed by atoms with E-state index >= 15 is 0 Å². The number of carbonyl (C=O) groups is 2. The standard InChI is InChI=1S/C17H19ClN2O4/c1-9-15(11(3)21)10(2)19-16(9)17(23)24-8-14(22)20-13-6-4-12(18)5-7-13/h4-7,11,19,21H,8H2,1-3H3,(H,20,22)/t11-/m1/s1. The van der Waals surface area contributed by atoms with Gasteiger partial charge in [-0.2, -0.15) is 0 Å². The molecule has 3 N–H and O–H groups in total. The molecule has 2 aromatic rings. The maximum Gasteiger partial charge on any atom is 0.355 e. The van der Waals surface area contributed by atoms with Gasteiger partial charge in [-0.1, -0.05) is 11.6 Å². The molecule has 1 heterocycles. The minimum absolute atomic E-state index is 0.239. The van der Waals surface area contributed by atoms with Crippen molar-refractivity contribution in [2.75, 3.05) is 11.9 Å². The molecular formula is C17H19ClN2O4. The molecule has 0 aliphatic rings. The maximum atomic E-state index is 12.1. The van der Waals surface area contributed by atoms with Crippen molar-refractivity contribution in [3.8, 4) is 0 Å². The number of aliphatic hydroxyl groups is 1. The van der Waals surface area contributed by atoms with E-state index in [0.717, 1.165) is 0 Å². The molecular weight excluding hydrogens is 332 g/mol. The van der Waals surface area contributed by atoms with Crippen LogP contribution >= 0.6 is 11.6 Å². The molecule has 6 nitrogen and oxygen atoms in total. The van der Waals surface area contributed by atoms with Crippen molar-refractivity contribution < 1.29 is 19.4 Å². The number of aliphatic hydroxyl groups excluding tert-OH is 1. The number of aryl methyl sites for hydroxylation is 1. The highest BCUT2D eigenvalue weighted by Crippen LogP contribution is 2.24. The fourth-order valence-electron chi connectivity index (χ4n) is 2.53. The summed E-state index contributed by atoms with van der Waals surface area (Å²) in [6.07, 6.45) is -0.698. The second-order valence-corrected chi connectivity index (χ2v) is 5.91. The van der Waals surface area contributed by atoms with Crippen LogP contribution in [0, 0.1) is 13.8 Å². The highest BCUT2D eigenvalue weighted by atomic mass is 35.5. The summed E-state index contributed by atoms with van der Waals surface area (Å²) in [4.78, 5) is 26.8. The van der Waals surface area contributed by atoms with E-state index in [9.17, 15) is 14.7 Å². The van der Waals surface area contributed by atoms with Gasteiger partial charge in [0.2, 0.25) is 0 Å².